The third-order valence-electron chi connectivity index (χ3n) is 5.31. The van der Waals surface area contributed by atoms with Crippen LogP contribution >= 0.6 is 0 Å². The lowest BCUT2D eigenvalue weighted by Crippen LogP contribution is -2.24. The van der Waals surface area contributed by atoms with Crippen molar-refractivity contribution < 1.29 is 31.9 Å². The van der Waals surface area contributed by atoms with E-state index in [-0.39, 0.29) is 34.5 Å². The molecule has 0 aliphatic carbocycles. The number of rotatable bonds is 6. The van der Waals surface area contributed by atoms with Crippen LogP contribution in [0.1, 0.15) is 16.8 Å². The molecule has 8 nitrogen and oxygen atoms in total. The molecule has 4 rings (SSSR count). The first-order valence-corrected chi connectivity index (χ1v) is 10.0. The number of hydrogen-bond acceptors (Lipinski definition) is 7. The average molecular weight is 475 g/mol. The van der Waals surface area contributed by atoms with Gasteiger partial charge in [0, 0.05) is 11.6 Å². The van der Waals surface area contributed by atoms with E-state index in [9.17, 15) is 18.0 Å². The summed E-state index contributed by atoms with van der Waals surface area (Å²) in [7, 11) is 4.13. The molecule has 0 unspecified atom stereocenters. The first kappa shape index (κ1) is 23.1. The smallest absolute Gasteiger partial charge is 0.419 e. The summed E-state index contributed by atoms with van der Waals surface area (Å²) in [4.78, 5) is 13.2. The van der Waals surface area contributed by atoms with Gasteiger partial charge in [-0.05, 0) is 36.8 Å². The van der Waals surface area contributed by atoms with Crippen molar-refractivity contribution in [2.75, 3.05) is 21.3 Å². The fourth-order valence-electron chi connectivity index (χ4n) is 3.65. The van der Waals surface area contributed by atoms with E-state index in [1.165, 1.54) is 26.4 Å². The molecule has 2 heterocycles. The molecule has 0 saturated carbocycles. The molecule has 2 aromatic carbocycles. The zero-order valence-corrected chi connectivity index (χ0v) is 18.7. The van der Waals surface area contributed by atoms with Crippen LogP contribution in [0.2, 0.25) is 0 Å². The molecule has 4 aromatic rings. The van der Waals surface area contributed by atoms with Gasteiger partial charge in [0.2, 0.25) is 5.58 Å². The number of aryl methyl sites for hydroxylation is 1. The van der Waals surface area contributed by atoms with E-state index in [1.807, 2.05) is 0 Å². The topological polar surface area (TPSA) is 88.6 Å². The summed E-state index contributed by atoms with van der Waals surface area (Å²) >= 11 is 0. The summed E-state index contributed by atoms with van der Waals surface area (Å²) in [6, 6.07) is 8.59. The van der Waals surface area contributed by atoms with E-state index in [0.29, 0.717) is 22.8 Å². The lowest BCUT2D eigenvalue weighted by molar-refractivity contribution is -0.138. The average Bonchev–Trinajstić information content (AvgIpc) is 3.21. The van der Waals surface area contributed by atoms with Gasteiger partial charge in [0.1, 0.15) is 28.3 Å². The monoisotopic (exact) mass is 475 g/mol. The number of alkyl halides is 3. The summed E-state index contributed by atoms with van der Waals surface area (Å²) in [5, 5.41) is 8.48. The van der Waals surface area contributed by atoms with Crippen LogP contribution in [0.5, 0.6) is 17.2 Å². The standard InChI is InChI=1S/C23H20F3N3O5/c1-12-19-21(34-28-12)20(15-7-6-14(31-2)10-18(15)33-4)27-29(22(19)30)11-13-5-8-17(32-3)16(9-13)23(24,25)26/h5-10H,11H2,1-4H3. The lowest BCUT2D eigenvalue weighted by Gasteiger charge is -2.15. The number of benzene rings is 2. The minimum atomic E-state index is -4.63. The molecule has 0 aliphatic rings. The summed E-state index contributed by atoms with van der Waals surface area (Å²) in [5.74, 6) is 0.624. The van der Waals surface area contributed by atoms with Gasteiger partial charge in [0.25, 0.3) is 5.56 Å². The fraction of sp³-hybridized carbons (Fsp3) is 0.261. The fourth-order valence-corrected chi connectivity index (χ4v) is 3.65. The largest absolute Gasteiger partial charge is 0.497 e. The molecule has 11 heteroatoms. The maximum absolute atomic E-state index is 13.5. The summed E-state index contributed by atoms with van der Waals surface area (Å²) in [5.41, 5.74) is -0.0651. The Kier molecular flexibility index (Phi) is 5.94. The van der Waals surface area contributed by atoms with E-state index in [0.717, 1.165) is 17.9 Å². The molecular weight excluding hydrogens is 455 g/mol. The zero-order chi connectivity index (χ0) is 24.6. The van der Waals surface area contributed by atoms with E-state index in [2.05, 4.69) is 10.3 Å². The molecule has 0 saturated heterocycles. The Bertz CT molecular complexity index is 1430. The normalized spacial score (nSPS) is 11.6. The summed E-state index contributed by atoms with van der Waals surface area (Å²) in [6.45, 7) is 1.37. The van der Waals surface area contributed by atoms with Gasteiger partial charge < -0.3 is 18.7 Å². The maximum atomic E-state index is 13.5. The van der Waals surface area contributed by atoms with Gasteiger partial charge >= 0.3 is 6.18 Å². The molecule has 0 N–H and O–H groups in total. The molecule has 0 bridgehead atoms. The van der Waals surface area contributed by atoms with Crippen LogP contribution in [-0.2, 0) is 12.7 Å². The van der Waals surface area contributed by atoms with Crippen LogP contribution in [0.15, 0.2) is 45.7 Å². The predicted molar refractivity (Wildman–Crippen MR) is 116 cm³/mol. The summed E-state index contributed by atoms with van der Waals surface area (Å²) in [6.07, 6.45) is -4.63. The molecule has 178 valence electrons. The molecule has 0 spiro atoms. The van der Waals surface area contributed by atoms with Gasteiger partial charge in [-0.2, -0.15) is 18.3 Å². The van der Waals surface area contributed by atoms with Gasteiger partial charge in [0.15, 0.2) is 0 Å². The predicted octanol–water partition coefficient (Wildman–Crippen LogP) is 4.45. The van der Waals surface area contributed by atoms with Crippen LogP contribution in [-0.4, -0.2) is 36.3 Å². The number of fused-ring (bicyclic) bond motifs is 1. The van der Waals surface area contributed by atoms with Crippen molar-refractivity contribution in [2.45, 2.75) is 19.6 Å². The second kappa shape index (κ2) is 8.73. The Morgan fingerprint density at radius 2 is 1.74 bits per heavy atom. The highest BCUT2D eigenvalue weighted by molar-refractivity contribution is 5.92. The summed E-state index contributed by atoms with van der Waals surface area (Å²) < 4.78 is 62.4. The van der Waals surface area contributed by atoms with Crippen LogP contribution in [0.25, 0.3) is 22.2 Å². The molecule has 34 heavy (non-hydrogen) atoms. The quantitative estimate of drug-likeness (QED) is 0.407. The van der Waals surface area contributed by atoms with E-state index in [1.54, 1.807) is 25.1 Å². The van der Waals surface area contributed by atoms with Crippen LogP contribution < -0.4 is 19.8 Å². The van der Waals surface area contributed by atoms with Gasteiger partial charge in [-0.1, -0.05) is 11.2 Å². The van der Waals surface area contributed by atoms with Gasteiger partial charge in [0.05, 0.1) is 39.1 Å². The number of hydrogen-bond donors (Lipinski definition) is 0. The van der Waals surface area contributed by atoms with Crippen LogP contribution in [0.3, 0.4) is 0 Å². The molecule has 0 amide bonds. The first-order chi connectivity index (χ1) is 16.2. The van der Waals surface area contributed by atoms with Crippen molar-refractivity contribution in [3.05, 3.63) is 63.6 Å². The van der Waals surface area contributed by atoms with Crippen LogP contribution in [0.4, 0.5) is 13.2 Å². The Morgan fingerprint density at radius 1 is 1.00 bits per heavy atom. The van der Waals surface area contributed by atoms with Crippen molar-refractivity contribution >= 4 is 11.0 Å². The van der Waals surface area contributed by atoms with Gasteiger partial charge in [-0.3, -0.25) is 4.79 Å². The third-order valence-corrected chi connectivity index (χ3v) is 5.31. The number of halogens is 3. The second-order valence-electron chi connectivity index (χ2n) is 7.38. The highest BCUT2D eigenvalue weighted by Crippen LogP contribution is 2.38. The molecule has 0 aliphatic heterocycles. The Hall–Kier alpha value is -4.02. The highest BCUT2D eigenvalue weighted by atomic mass is 19.4. The molecular formula is C23H20F3N3O5. The van der Waals surface area contributed by atoms with E-state index >= 15 is 0 Å². The highest BCUT2D eigenvalue weighted by Gasteiger charge is 2.34. The molecule has 2 aromatic heterocycles. The first-order valence-electron chi connectivity index (χ1n) is 10.0. The van der Waals surface area contributed by atoms with Crippen molar-refractivity contribution in [1.82, 2.24) is 14.9 Å². The lowest BCUT2D eigenvalue weighted by atomic mass is 10.1. The number of methoxy groups -OCH3 is 3. The number of nitrogens with zero attached hydrogens (tertiary/aromatic N) is 3. The van der Waals surface area contributed by atoms with Gasteiger partial charge in [-0.15, -0.1) is 0 Å². The van der Waals surface area contributed by atoms with Crippen molar-refractivity contribution in [3.63, 3.8) is 0 Å². The molecule has 0 radical (unpaired) electrons. The second-order valence-corrected chi connectivity index (χ2v) is 7.38. The third kappa shape index (κ3) is 4.04. The zero-order valence-electron chi connectivity index (χ0n) is 18.7. The number of ether oxygens (including phenoxy) is 3. The molecule has 0 fully saturated rings. The number of aromatic nitrogens is 3. The minimum absolute atomic E-state index is 0.146. The minimum Gasteiger partial charge on any atom is -0.497 e. The van der Waals surface area contributed by atoms with Crippen molar-refractivity contribution in [3.8, 4) is 28.5 Å². The van der Waals surface area contributed by atoms with E-state index < -0.39 is 17.3 Å². The molecule has 0 atom stereocenters. The Labute approximate surface area is 191 Å². The maximum Gasteiger partial charge on any atom is 0.419 e. The SMILES string of the molecule is COc1ccc(-c2nn(Cc3ccc(OC)c(C(F)(F)F)c3)c(=O)c3c(C)noc23)c(OC)c1. The van der Waals surface area contributed by atoms with E-state index in [4.69, 9.17) is 18.7 Å². The Morgan fingerprint density at radius 3 is 2.38 bits per heavy atom. The van der Waals surface area contributed by atoms with Gasteiger partial charge in [-0.25, -0.2) is 4.68 Å². The van der Waals surface area contributed by atoms with Crippen LogP contribution in [0, 0.1) is 6.92 Å². The Balaban J connectivity index is 1.90. The van der Waals surface area contributed by atoms with Crippen molar-refractivity contribution in [2.24, 2.45) is 0 Å². The van der Waals surface area contributed by atoms with Crippen molar-refractivity contribution in [1.29, 1.82) is 0 Å².